The molecule has 0 aliphatic rings. The van der Waals surface area contributed by atoms with Gasteiger partial charge in [-0.3, -0.25) is 4.79 Å². The Hall–Kier alpha value is -1.51. The number of para-hydroxylation sites is 1. The molecule has 1 rings (SSSR count). The average molecular weight is 235 g/mol. The molecule has 0 heterocycles. The first kappa shape index (κ1) is 13.6. The number of hydrogen-bond donors (Lipinski definition) is 1. The molecule has 17 heavy (non-hydrogen) atoms. The van der Waals surface area contributed by atoms with Gasteiger partial charge in [-0.2, -0.15) is 0 Å². The molecular weight excluding hydrogens is 214 g/mol. The molecule has 1 aromatic rings. The van der Waals surface area contributed by atoms with Crippen molar-refractivity contribution in [1.82, 2.24) is 5.32 Å². The van der Waals surface area contributed by atoms with Crippen LogP contribution < -0.4 is 10.1 Å². The Balaban J connectivity index is 2.17. The third kappa shape index (κ3) is 6.61. The Morgan fingerprint density at radius 1 is 1.24 bits per heavy atom. The first-order valence-electron chi connectivity index (χ1n) is 5.92. The van der Waals surface area contributed by atoms with Crippen molar-refractivity contribution in [3.05, 3.63) is 30.3 Å². The van der Waals surface area contributed by atoms with E-state index in [1.807, 2.05) is 30.3 Å². The van der Waals surface area contributed by atoms with E-state index in [0.717, 1.165) is 5.75 Å². The summed E-state index contributed by atoms with van der Waals surface area (Å²) >= 11 is 0. The van der Waals surface area contributed by atoms with E-state index in [1.165, 1.54) is 0 Å². The van der Waals surface area contributed by atoms with E-state index in [0.29, 0.717) is 19.6 Å². The summed E-state index contributed by atoms with van der Waals surface area (Å²) in [5.41, 5.74) is 0.121. The summed E-state index contributed by atoms with van der Waals surface area (Å²) in [5.74, 6) is 0.840. The van der Waals surface area contributed by atoms with Crippen LogP contribution in [-0.4, -0.2) is 19.1 Å². The highest BCUT2D eigenvalue weighted by atomic mass is 16.5. The Morgan fingerprint density at radius 3 is 2.47 bits per heavy atom. The number of nitrogens with one attached hydrogen (secondary N) is 1. The number of carbonyl (C=O) groups is 1. The van der Waals surface area contributed by atoms with E-state index in [2.05, 4.69) is 26.1 Å². The molecule has 0 unspecified atom stereocenters. The van der Waals surface area contributed by atoms with E-state index in [1.54, 1.807) is 0 Å². The van der Waals surface area contributed by atoms with E-state index in [4.69, 9.17) is 4.74 Å². The maximum Gasteiger partial charge on any atom is 0.223 e. The highest BCUT2D eigenvalue weighted by Crippen LogP contribution is 2.10. The standard InChI is InChI=1S/C14H21NO2/c1-14(2,3)11-15-13(16)9-10-17-12-7-5-4-6-8-12/h4-8H,9-11H2,1-3H3,(H,15,16). The Kier molecular flexibility index (Phi) is 5.01. The van der Waals surface area contributed by atoms with Crippen LogP contribution in [0.4, 0.5) is 0 Å². The molecule has 0 aromatic heterocycles. The van der Waals surface area contributed by atoms with Crippen molar-refractivity contribution in [2.45, 2.75) is 27.2 Å². The zero-order valence-electron chi connectivity index (χ0n) is 10.8. The molecule has 0 aliphatic carbocycles. The maximum atomic E-state index is 11.5. The minimum Gasteiger partial charge on any atom is -0.493 e. The number of hydrogen-bond acceptors (Lipinski definition) is 2. The highest BCUT2D eigenvalue weighted by molar-refractivity contribution is 5.76. The lowest BCUT2D eigenvalue weighted by atomic mass is 9.97. The van der Waals surface area contributed by atoms with Gasteiger partial charge in [-0.25, -0.2) is 0 Å². The van der Waals surface area contributed by atoms with Gasteiger partial charge in [0.15, 0.2) is 0 Å². The number of ether oxygens (including phenoxy) is 1. The summed E-state index contributed by atoms with van der Waals surface area (Å²) in [6, 6.07) is 9.52. The van der Waals surface area contributed by atoms with Crippen LogP contribution in [0, 0.1) is 5.41 Å². The Labute approximate surface area is 103 Å². The van der Waals surface area contributed by atoms with Crippen molar-refractivity contribution < 1.29 is 9.53 Å². The minimum absolute atomic E-state index is 0.0378. The molecule has 1 amide bonds. The average Bonchev–Trinajstić information content (AvgIpc) is 2.27. The molecular formula is C14H21NO2. The van der Waals surface area contributed by atoms with Crippen LogP contribution in [0.1, 0.15) is 27.2 Å². The molecule has 1 N–H and O–H groups in total. The molecule has 1 aromatic carbocycles. The van der Waals surface area contributed by atoms with Gasteiger partial charge >= 0.3 is 0 Å². The fraction of sp³-hybridized carbons (Fsp3) is 0.500. The van der Waals surface area contributed by atoms with Crippen LogP contribution in [0.2, 0.25) is 0 Å². The van der Waals surface area contributed by atoms with E-state index >= 15 is 0 Å². The van der Waals surface area contributed by atoms with Crippen LogP contribution in [0.25, 0.3) is 0 Å². The molecule has 94 valence electrons. The second-order valence-corrected chi connectivity index (χ2v) is 5.25. The van der Waals surface area contributed by atoms with Crippen molar-refractivity contribution in [2.24, 2.45) is 5.41 Å². The van der Waals surface area contributed by atoms with Crippen LogP contribution in [0.3, 0.4) is 0 Å². The Bertz CT molecular complexity index is 341. The fourth-order valence-corrected chi connectivity index (χ4v) is 1.23. The summed E-state index contributed by atoms with van der Waals surface area (Å²) < 4.78 is 5.45. The van der Waals surface area contributed by atoms with Gasteiger partial charge in [-0.1, -0.05) is 39.0 Å². The van der Waals surface area contributed by atoms with Crippen LogP contribution in [0.5, 0.6) is 5.75 Å². The second kappa shape index (κ2) is 6.28. The van der Waals surface area contributed by atoms with Gasteiger partial charge in [0.05, 0.1) is 13.0 Å². The summed E-state index contributed by atoms with van der Waals surface area (Å²) in [7, 11) is 0. The Morgan fingerprint density at radius 2 is 1.88 bits per heavy atom. The molecule has 3 heteroatoms. The summed E-state index contributed by atoms with van der Waals surface area (Å²) in [6.07, 6.45) is 0.394. The second-order valence-electron chi connectivity index (χ2n) is 5.25. The van der Waals surface area contributed by atoms with Crippen molar-refractivity contribution in [2.75, 3.05) is 13.2 Å². The van der Waals surface area contributed by atoms with E-state index in [9.17, 15) is 4.79 Å². The number of rotatable bonds is 5. The van der Waals surface area contributed by atoms with Gasteiger partial charge in [0.2, 0.25) is 5.91 Å². The van der Waals surface area contributed by atoms with Crippen molar-refractivity contribution >= 4 is 5.91 Å². The van der Waals surface area contributed by atoms with Gasteiger partial charge in [0, 0.05) is 6.54 Å². The minimum atomic E-state index is 0.0378. The smallest absolute Gasteiger partial charge is 0.223 e. The molecule has 3 nitrogen and oxygen atoms in total. The van der Waals surface area contributed by atoms with Crippen LogP contribution in [-0.2, 0) is 4.79 Å². The number of benzene rings is 1. The predicted octanol–water partition coefficient (Wildman–Crippen LogP) is 2.62. The third-order valence-corrected chi connectivity index (χ3v) is 2.16. The lowest BCUT2D eigenvalue weighted by Crippen LogP contribution is -2.32. The van der Waals surface area contributed by atoms with Gasteiger partial charge in [0.25, 0.3) is 0 Å². The van der Waals surface area contributed by atoms with Gasteiger partial charge < -0.3 is 10.1 Å². The monoisotopic (exact) mass is 235 g/mol. The van der Waals surface area contributed by atoms with E-state index in [-0.39, 0.29) is 11.3 Å². The molecule has 0 radical (unpaired) electrons. The highest BCUT2D eigenvalue weighted by Gasteiger charge is 2.11. The molecule has 0 saturated carbocycles. The molecule has 0 spiro atoms. The van der Waals surface area contributed by atoms with Gasteiger partial charge in [0.1, 0.15) is 5.75 Å². The van der Waals surface area contributed by atoms with Gasteiger partial charge in [-0.05, 0) is 17.5 Å². The molecule has 0 aliphatic heterocycles. The SMILES string of the molecule is CC(C)(C)CNC(=O)CCOc1ccccc1. The van der Waals surface area contributed by atoms with Crippen molar-refractivity contribution in [1.29, 1.82) is 0 Å². The zero-order chi connectivity index (χ0) is 12.7. The quantitative estimate of drug-likeness (QED) is 0.852. The predicted molar refractivity (Wildman–Crippen MR) is 69.0 cm³/mol. The zero-order valence-corrected chi connectivity index (χ0v) is 10.8. The number of carbonyl (C=O) groups excluding carboxylic acids is 1. The normalized spacial score (nSPS) is 11.0. The lowest BCUT2D eigenvalue weighted by Gasteiger charge is -2.18. The molecule has 0 bridgehead atoms. The van der Waals surface area contributed by atoms with Crippen LogP contribution in [0.15, 0.2) is 30.3 Å². The summed E-state index contributed by atoms with van der Waals surface area (Å²) in [6.45, 7) is 7.38. The third-order valence-electron chi connectivity index (χ3n) is 2.16. The first-order valence-corrected chi connectivity index (χ1v) is 5.92. The lowest BCUT2D eigenvalue weighted by molar-refractivity contribution is -0.121. The first-order chi connectivity index (χ1) is 7.97. The largest absolute Gasteiger partial charge is 0.493 e. The molecule has 0 atom stereocenters. The van der Waals surface area contributed by atoms with Crippen LogP contribution >= 0.6 is 0 Å². The topological polar surface area (TPSA) is 38.3 Å². The van der Waals surface area contributed by atoms with Crippen molar-refractivity contribution in [3.63, 3.8) is 0 Å². The molecule has 0 fully saturated rings. The maximum absolute atomic E-state index is 11.5. The van der Waals surface area contributed by atoms with Gasteiger partial charge in [-0.15, -0.1) is 0 Å². The van der Waals surface area contributed by atoms with Crippen molar-refractivity contribution in [3.8, 4) is 5.75 Å². The summed E-state index contributed by atoms with van der Waals surface area (Å²) in [4.78, 5) is 11.5. The van der Waals surface area contributed by atoms with E-state index < -0.39 is 0 Å². The fourth-order valence-electron chi connectivity index (χ4n) is 1.23. The molecule has 0 saturated heterocycles. The summed E-state index contributed by atoms with van der Waals surface area (Å²) in [5, 5.41) is 2.89. The number of amides is 1.